The monoisotopic (exact) mass is 411 g/mol. The Bertz CT molecular complexity index is 963. The first-order chi connectivity index (χ1) is 13.5. The van der Waals surface area contributed by atoms with E-state index in [2.05, 4.69) is 16.7 Å². The molecule has 2 aromatic carbocycles. The molecule has 0 fully saturated rings. The molecule has 0 spiro atoms. The molecule has 7 heteroatoms. The molecule has 2 amide bonds. The zero-order valence-corrected chi connectivity index (χ0v) is 16.7. The fourth-order valence-electron chi connectivity index (χ4n) is 2.88. The summed E-state index contributed by atoms with van der Waals surface area (Å²) in [5, 5.41) is 16.2. The zero-order chi connectivity index (χ0) is 20.1. The van der Waals surface area contributed by atoms with E-state index >= 15 is 0 Å². The van der Waals surface area contributed by atoms with Crippen molar-refractivity contribution in [2.75, 3.05) is 11.1 Å². The maximum atomic E-state index is 12.2. The highest BCUT2D eigenvalue weighted by Crippen LogP contribution is 2.36. The van der Waals surface area contributed by atoms with Crippen molar-refractivity contribution in [2.45, 2.75) is 19.3 Å². The number of halogens is 1. The number of benzene rings is 2. The number of thioether (sulfide) groups is 1. The van der Waals surface area contributed by atoms with Gasteiger partial charge in [-0.05, 0) is 36.8 Å². The number of allylic oxidation sites excluding steroid dienone is 1. The second kappa shape index (κ2) is 8.96. The standard InChI is InChI=1S/C21H18ClN3O2S/c1-13-2-4-14(5-3-13)17-10-19(26)25-21(18(17)11-23)28-12-20(27)24-16-8-6-15(22)7-9-16/h2-9,17H,10,12H2,1H3,(H,24,27)(H,25,26)/t17-/m1/s1. The number of carbonyl (C=O) groups is 2. The molecular weight excluding hydrogens is 394 g/mol. The lowest BCUT2D eigenvalue weighted by atomic mass is 9.87. The van der Waals surface area contributed by atoms with Crippen LogP contribution in [0.5, 0.6) is 0 Å². The van der Waals surface area contributed by atoms with Crippen LogP contribution in [0, 0.1) is 18.3 Å². The minimum atomic E-state index is -0.304. The molecule has 0 unspecified atom stereocenters. The minimum Gasteiger partial charge on any atom is -0.325 e. The summed E-state index contributed by atoms with van der Waals surface area (Å²) >= 11 is 6.99. The number of anilines is 1. The molecule has 0 saturated carbocycles. The van der Waals surface area contributed by atoms with Crippen LogP contribution in [-0.4, -0.2) is 17.6 Å². The third-order valence-electron chi connectivity index (χ3n) is 4.31. The molecule has 142 valence electrons. The lowest BCUT2D eigenvalue weighted by Gasteiger charge is -2.25. The van der Waals surface area contributed by atoms with Crippen molar-refractivity contribution in [3.63, 3.8) is 0 Å². The van der Waals surface area contributed by atoms with Gasteiger partial charge in [0.1, 0.15) is 0 Å². The lowest BCUT2D eigenvalue weighted by Crippen LogP contribution is -2.31. The Morgan fingerprint density at radius 1 is 1.25 bits per heavy atom. The van der Waals surface area contributed by atoms with Gasteiger partial charge in [-0.25, -0.2) is 0 Å². The van der Waals surface area contributed by atoms with Crippen LogP contribution >= 0.6 is 23.4 Å². The van der Waals surface area contributed by atoms with Crippen molar-refractivity contribution >= 4 is 40.9 Å². The van der Waals surface area contributed by atoms with Crippen LogP contribution in [0.15, 0.2) is 59.1 Å². The highest BCUT2D eigenvalue weighted by molar-refractivity contribution is 8.03. The molecule has 0 aromatic heterocycles. The van der Waals surface area contributed by atoms with Crippen LogP contribution in [0.4, 0.5) is 5.69 Å². The topological polar surface area (TPSA) is 82.0 Å². The average Bonchev–Trinajstić information content (AvgIpc) is 2.68. The highest BCUT2D eigenvalue weighted by atomic mass is 35.5. The Morgan fingerprint density at radius 3 is 2.57 bits per heavy atom. The fourth-order valence-corrected chi connectivity index (χ4v) is 3.89. The highest BCUT2D eigenvalue weighted by Gasteiger charge is 2.29. The molecule has 0 saturated heterocycles. The Morgan fingerprint density at radius 2 is 1.93 bits per heavy atom. The van der Waals surface area contributed by atoms with Crippen LogP contribution in [0.1, 0.15) is 23.5 Å². The third-order valence-corrected chi connectivity index (χ3v) is 5.58. The summed E-state index contributed by atoms with van der Waals surface area (Å²) in [4.78, 5) is 24.4. The van der Waals surface area contributed by atoms with E-state index < -0.39 is 0 Å². The van der Waals surface area contributed by atoms with E-state index in [4.69, 9.17) is 11.6 Å². The van der Waals surface area contributed by atoms with Crippen molar-refractivity contribution in [3.8, 4) is 6.07 Å². The maximum absolute atomic E-state index is 12.2. The van der Waals surface area contributed by atoms with Crippen LogP contribution in [0.3, 0.4) is 0 Å². The predicted octanol–water partition coefficient (Wildman–Crippen LogP) is 4.36. The SMILES string of the molecule is Cc1ccc([C@H]2CC(=O)NC(SCC(=O)Nc3ccc(Cl)cc3)=C2C#N)cc1. The van der Waals surface area contributed by atoms with E-state index in [1.807, 2.05) is 31.2 Å². The number of amides is 2. The van der Waals surface area contributed by atoms with E-state index in [-0.39, 0.29) is 29.9 Å². The van der Waals surface area contributed by atoms with Crippen LogP contribution in [0.25, 0.3) is 0 Å². The number of carbonyl (C=O) groups excluding carboxylic acids is 2. The van der Waals surface area contributed by atoms with E-state index in [0.29, 0.717) is 21.3 Å². The van der Waals surface area contributed by atoms with Crippen molar-refractivity contribution in [1.82, 2.24) is 5.32 Å². The van der Waals surface area contributed by atoms with Gasteiger partial charge in [-0.15, -0.1) is 0 Å². The van der Waals surface area contributed by atoms with E-state index in [9.17, 15) is 14.9 Å². The van der Waals surface area contributed by atoms with Crippen LogP contribution in [0.2, 0.25) is 5.02 Å². The van der Waals surface area contributed by atoms with Crippen molar-refractivity contribution in [3.05, 3.63) is 75.3 Å². The maximum Gasteiger partial charge on any atom is 0.234 e. The first-order valence-electron chi connectivity index (χ1n) is 8.65. The summed E-state index contributed by atoms with van der Waals surface area (Å²) in [6.45, 7) is 1.99. The van der Waals surface area contributed by atoms with Gasteiger partial charge in [0.2, 0.25) is 11.8 Å². The van der Waals surface area contributed by atoms with Gasteiger partial charge in [0, 0.05) is 23.0 Å². The van der Waals surface area contributed by atoms with E-state index in [1.165, 1.54) is 0 Å². The summed E-state index contributed by atoms with van der Waals surface area (Å²) in [5.74, 6) is -0.625. The van der Waals surface area contributed by atoms with Crippen molar-refractivity contribution < 1.29 is 9.59 Å². The van der Waals surface area contributed by atoms with Gasteiger partial charge in [-0.3, -0.25) is 9.59 Å². The quantitative estimate of drug-likeness (QED) is 0.765. The second-order valence-corrected chi connectivity index (χ2v) is 7.84. The van der Waals surface area contributed by atoms with E-state index in [0.717, 1.165) is 22.9 Å². The van der Waals surface area contributed by atoms with Gasteiger partial charge in [-0.2, -0.15) is 5.26 Å². The number of hydrogen-bond acceptors (Lipinski definition) is 4. The first kappa shape index (κ1) is 20.0. The van der Waals surface area contributed by atoms with Crippen molar-refractivity contribution in [2.24, 2.45) is 0 Å². The smallest absolute Gasteiger partial charge is 0.234 e. The predicted molar refractivity (Wildman–Crippen MR) is 112 cm³/mol. The minimum absolute atomic E-state index is 0.0734. The van der Waals surface area contributed by atoms with Gasteiger partial charge in [-0.1, -0.05) is 53.2 Å². The molecule has 28 heavy (non-hydrogen) atoms. The number of rotatable bonds is 5. The summed E-state index contributed by atoms with van der Waals surface area (Å²) < 4.78 is 0. The average molecular weight is 412 g/mol. The lowest BCUT2D eigenvalue weighted by molar-refractivity contribution is -0.121. The molecule has 1 atom stereocenters. The fraction of sp³-hybridized carbons (Fsp3) is 0.190. The van der Waals surface area contributed by atoms with Crippen LogP contribution in [-0.2, 0) is 9.59 Å². The van der Waals surface area contributed by atoms with Gasteiger partial charge in [0.15, 0.2) is 0 Å². The Kier molecular flexibility index (Phi) is 6.40. The number of nitrogens with one attached hydrogen (secondary N) is 2. The normalized spacial score (nSPS) is 16.3. The molecule has 0 radical (unpaired) electrons. The molecule has 0 bridgehead atoms. The Balaban J connectivity index is 1.73. The number of nitrogens with zero attached hydrogens (tertiary/aromatic N) is 1. The van der Waals surface area contributed by atoms with Crippen molar-refractivity contribution in [1.29, 1.82) is 5.26 Å². The molecule has 5 nitrogen and oxygen atoms in total. The molecule has 2 N–H and O–H groups in total. The van der Waals surface area contributed by atoms with Crippen LogP contribution < -0.4 is 10.6 Å². The summed E-state index contributed by atoms with van der Waals surface area (Å²) in [6.07, 6.45) is 0.215. The van der Waals surface area contributed by atoms with Gasteiger partial charge in [0.05, 0.1) is 22.4 Å². The molecule has 3 rings (SSSR count). The molecular formula is C21H18ClN3O2S. The summed E-state index contributed by atoms with van der Waals surface area (Å²) in [5.41, 5.74) is 3.14. The number of aryl methyl sites for hydroxylation is 1. The number of hydrogen-bond donors (Lipinski definition) is 2. The molecule has 2 aromatic rings. The summed E-state index contributed by atoms with van der Waals surface area (Å²) in [6, 6.07) is 16.8. The Hall–Kier alpha value is -2.75. The van der Waals surface area contributed by atoms with Gasteiger partial charge in [0.25, 0.3) is 0 Å². The molecule has 1 heterocycles. The molecule has 1 aliphatic rings. The second-order valence-electron chi connectivity index (χ2n) is 6.41. The summed E-state index contributed by atoms with van der Waals surface area (Å²) in [7, 11) is 0. The Labute approximate surface area is 172 Å². The largest absolute Gasteiger partial charge is 0.325 e. The third kappa shape index (κ3) is 4.94. The molecule has 0 aliphatic carbocycles. The number of nitriles is 1. The van der Waals surface area contributed by atoms with E-state index in [1.54, 1.807) is 24.3 Å². The molecule has 1 aliphatic heterocycles. The first-order valence-corrected chi connectivity index (χ1v) is 10.0. The zero-order valence-electron chi connectivity index (χ0n) is 15.2. The van der Waals surface area contributed by atoms with Gasteiger partial charge >= 0.3 is 0 Å². The van der Waals surface area contributed by atoms with Gasteiger partial charge < -0.3 is 10.6 Å².